The molecular formula is C19H31F3N4O3. The van der Waals surface area contributed by atoms with Crippen LogP contribution in [0.25, 0.3) is 0 Å². The Morgan fingerprint density at radius 2 is 1.55 bits per heavy atom. The van der Waals surface area contributed by atoms with Gasteiger partial charge in [-0.05, 0) is 19.3 Å². The summed E-state index contributed by atoms with van der Waals surface area (Å²) in [4.78, 5) is 30.5. The molecule has 2 atom stereocenters. The highest BCUT2D eigenvalue weighted by atomic mass is 19.4. The number of amides is 2. The number of morpholine rings is 1. The van der Waals surface area contributed by atoms with Gasteiger partial charge in [-0.2, -0.15) is 13.2 Å². The molecule has 0 spiro atoms. The van der Waals surface area contributed by atoms with Crippen molar-refractivity contribution < 1.29 is 27.5 Å². The summed E-state index contributed by atoms with van der Waals surface area (Å²) in [7, 11) is 0. The second-order valence-electron chi connectivity index (χ2n) is 8.22. The standard InChI is InChI=1S/C19H31F3N4O3/c20-19(21,22)15-2-1-3-16(12-15)23-17(27)13-24-4-6-25(7-5-24)14-18(28)26-8-10-29-11-9-26/h15-16H,1-14H2,(H,23,27). The van der Waals surface area contributed by atoms with Crippen LogP contribution in [0.3, 0.4) is 0 Å². The van der Waals surface area contributed by atoms with Crippen LogP contribution in [-0.4, -0.2) is 104 Å². The molecule has 3 aliphatic rings. The molecule has 2 heterocycles. The third kappa shape index (κ3) is 6.82. The Balaban J connectivity index is 1.34. The van der Waals surface area contributed by atoms with E-state index in [1.54, 1.807) is 0 Å². The molecule has 10 heteroatoms. The van der Waals surface area contributed by atoms with Gasteiger partial charge in [0, 0.05) is 45.3 Å². The second-order valence-corrected chi connectivity index (χ2v) is 8.22. The van der Waals surface area contributed by atoms with E-state index >= 15 is 0 Å². The molecule has 1 N–H and O–H groups in total. The summed E-state index contributed by atoms with van der Waals surface area (Å²) in [6.45, 7) is 5.73. The summed E-state index contributed by atoms with van der Waals surface area (Å²) in [5.74, 6) is -1.42. The number of piperazine rings is 1. The number of ether oxygens (including phenoxy) is 1. The first-order valence-electron chi connectivity index (χ1n) is 10.5. The maximum Gasteiger partial charge on any atom is 0.391 e. The minimum Gasteiger partial charge on any atom is -0.378 e. The molecule has 0 bridgehead atoms. The van der Waals surface area contributed by atoms with Gasteiger partial charge in [-0.15, -0.1) is 0 Å². The SMILES string of the molecule is O=C(CN1CCN(CC(=O)N2CCOCC2)CC1)NC1CCCC(C(F)(F)F)C1. The monoisotopic (exact) mass is 420 g/mol. The highest BCUT2D eigenvalue weighted by Gasteiger charge is 2.42. The maximum atomic E-state index is 12.9. The lowest BCUT2D eigenvalue weighted by atomic mass is 9.85. The van der Waals surface area contributed by atoms with Gasteiger partial charge >= 0.3 is 6.18 Å². The first-order chi connectivity index (χ1) is 13.8. The molecule has 3 fully saturated rings. The molecular weight excluding hydrogens is 389 g/mol. The Morgan fingerprint density at radius 3 is 2.17 bits per heavy atom. The number of nitrogens with zero attached hydrogens (tertiary/aromatic N) is 3. The van der Waals surface area contributed by atoms with Crippen LogP contribution in [0.2, 0.25) is 0 Å². The van der Waals surface area contributed by atoms with Crippen molar-refractivity contribution in [1.82, 2.24) is 20.0 Å². The van der Waals surface area contributed by atoms with Crippen LogP contribution in [0.4, 0.5) is 13.2 Å². The van der Waals surface area contributed by atoms with Crippen molar-refractivity contribution in [3.63, 3.8) is 0 Å². The van der Waals surface area contributed by atoms with E-state index in [1.807, 2.05) is 9.80 Å². The third-order valence-electron chi connectivity index (χ3n) is 6.06. The van der Waals surface area contributed by atoms with E-state index in [2.05, 4.69) is 10.2 Å². The fourth-order valence-electron chi connectivity index (χ4n) is 4.30. The molecule has 2 amide bonds. The average Bonchev–Trinajstić information content (AvgIpc) is 2.69. The molecule has 1 saturated carbocycles. The average molecular weight is 420 g/mol. The van der Waals surface area contributed by atoms with Crippen molar-refractivity contribution in [2.24, 2.45) is 5.92 Å². The lowest BCUT2D eigenvalue weighted by Gasteiger charge is -2.36. The van der Waals surface area contributed by atoms with Crippen molar-refractivity contribution in [1.29, 1.82) is 0 Å². The second kappa shape index (κ2) is 10.1. The lowest BCUT2D eigenvalue weighted by molar-refractivity contribution is -0.184. The summed E-state index contributed by atoms with van der Waals surface area (Å²) >= 11 is 0. The van der Waals surface area contributed by atoms with Gasteiger partial charge in [-0.25, -0.2) is 0 Å². The molecule has 2 aliphatic heterocycles. The first-order valence-corrected chi connectivity index (χ1v) is 10.5. The van der Waals surface area contributed by atoms with Gasteiger partial charge in [0.25, 0.3) is 0 Å². The van der Waals surface area contributed by atoms with Gasteiger partial charge in [0.1, 0.15) is 0 Å². The number of carbonyl (C=O) groups is 2. The minimum atomic E-state index is -4.18. The Bertz CT molecular complexity index is 561. The normalized spacial score (nSPS) is 27.6. The van der Waals surface area contributed by atoms with E-state index in [1.165, 1.54) is 0 Å². The van der Waals surface area contributed by atoms with Gasteiger partial charge in [0.2, 0.25) is 11.8 Å². The van der Waals surface area contributed by atoms with Crippen molar-refractivity contribution in [3.8, 4) is 0 Å². The summed E-state index contributed by atoms with van der Waals surface area (Å²) in [5, 5.41) is 2.79. The molecule has 7 nitrogen and oxygen atoms in total. The Labute approximate surface area is 169 Å². The molecule has 0 aromatic heterocycles. The smallest absolute Gasteiger partial charge is 0.378 e. The minimum absolute atomic E-state index is 0.0212. The van der Waals surface area contributed by atoms with Gasteiger partial charge in [0.15, 0.2) is 0 Å². The van der Waals surface area contributed by atoms with Crippen LogP contribution in [0, 0.1) is 5.92 Å². The summed E-state index contributed by atoms with van der Waals surface area (Å²) in [6.07, 6.45) is -2.95. The van der Waals surface area contributed by atoms with E-state index in [-0.39, 0.29) is 31.2 Å². The number of nitrogens with one attached hydrogen (secondary N) is 1. The van der Waals surface area contributed by atoms with E-state index < -0.39 is 18.1 Å². The number of hydrogen-bond acceptors (Lipinski definition) is 5. The molecule has 29 heavy (non-hydrogen) atoms. The Morgan fingerprint density at radius 1 is 0.931 bits per heavy atom. The summed E-state index contributed by atoms with van der Waals surface area (Å²) in [6, 6.07) is -0.393. The highest BCUT2D eigenvalue weighted by Crippen LogP contribution is 2.37. The predicted octanol–water partition coefficient (Wildman–Crippen LogP) is 0.700. The fourth-order valence-corrected chi connectivity index (χ4v) is 4.30. The molecule has 0 aromatic carbocycles. The quantitative estimate of drug-likeness (QED) is 0.710. The van der Waals surface area contributed by atoms with Crippen molar-refractivity contribution in [2.75, 3.05) is 65.6 Å². The van der Waals surface area contributed by atoms with E-state index in [4.69, 9.17) is 4.74 Å². The number of alkyl halides is 3. The molecule has 0 aromatic rings. The van der Waals surface area contributed by atoms with Crippen LogP contribution < -0.4 is 5.32 Å². The number of carbonyl (C=O) groups excluding carboxylic acids is 2. The molecule has 3 rings (SSSR count). The number of hydrogen-bond donors (Lipinski definition) is 1. The van der Waals surface area contributed by atoms with Gasteiger partial charge in [0.05, 0.1) is 32.2 Å². The molecule has 166 valence electrons. The van der Waals surface area contributed by atoms with Crippen molar-refractivity contribution in [3.05, 3.63) is 0 Å². The lowest BCUT2D eigenvalue weighted by Crippen LogP contribution is -2.53. The van der Waals surface area contributed by atoms with E-state index in [0.717, 1.165) is 0 Å². The zero-order valence-electron chi connectivity index (χ0n) is 16.8. The van der Waals surface area contributed by atoms with Crippen LogP contribution in [0.15, 0.2) is 0 Å². The number of halogens is 3. The summed E-state index contributed by atoms with van der Waals surface area (Å²) < 4.78 is 44.0. The van der Waals surface area contributed by atoms with Crippen molar-refractivity contribution >= 4 is 11.8 Å². The van der Waals surface area contributed by atoms with Crippen molar-refractivity contribution in [2.45, 2.75) is 37.9 Å². The van der Waals surface area contributed by atoms with Crippen LogP contribution >= 0.6 is 0 Å². The Kier molecular flexibility index (Phi) is 7.75. The highest BCUT2D eigenvalue weighted by molar-refractivity contribution is 5.79. The zero-order chi connectivity index (χ0) is 20.9. The topological polar surface area (TPSA) is 65.1 Å². The van der Waals surface area contributed by atoms with Crippen LogP contribution in [0.5, 0.6) is 0 Å². The van der Waals surface area contributed by atoms with Crippen LogP contribution in [-0.2, 0) is 14.3 Å². The third-order valence-corrected chi connectivity index (χ3v) is 6.06. The van der Waals surface area contributed by atoms with Gasteiger partial charge in [-0.3, -0.25) is 19.4 Å². The largest absolute Gasteiger partial charge is 0.391 e. The number of rotatable bonds is 5. The molecule has 2 saturated heterocycles. The van der Waals surface area contributed by atoms with Crippen LogP contribution in [0.1, 0.15) is 25.7 Å². The zero-order valence-corrected chi connectivity index (χ0v) is 16.8. The molecule has 1 aliphatic carbocycles. The summed E-state index contributed by atoms with van der Waals surface area (Å²) in [5.41, 5.74) is 0. The predicted molar refractivity (Wildman–Crippen MR) is 100 cm³/mol. The molecule has 2 unspecified atom stereocenters. The first kappa shape index (κ1) is 22.3. The van der Waals surface area contributed by atoms with E-state index in [9.17, 15) is 22.8 Å². The maximum absolute atomic E-state index is 12.9. The molecule has 0 radical (unpaired) electrons. The fraction of sp³-hybridized carbons (Fsp3) is 0.895. The Hall–Kier alpha value is -1.39. The van der Waals surface area contributed by atoms with Gasteiger partial charge < -0.3 is 15.0 Å². The van der Waals surface area contributed by atoms with E-state index in [0.29, 0.717) is 71.9 Å². The van der Waals surface area contributed by atoms with Gasteiger partial charge in [-0.1, -0.05) is 6.42 Å².